The lowest BCUT2D eigenvalue weighted by Gasteiger charge is -2.32. The van der Waals surface area contributed by atoms with E-state index in [1.165, 1.54) is 5.56 Å². The van der Waals surface area contributed by atoms with E-state index >= 15 is 0 Å². The summed E-state index contributed by atoms with van der Waals surface area (Å²) in [4.78, 5) is 15.0. The van der Waals surface area contributed by atoms with Crippen molar-refractivity contribution in [3.05, 3.63) is 69.2 Å². The predicted molar refractivity (Wildman–Crippen MR) is 112 cm³/mol. The van der Waals surface area contributed by atoms with Crippen molar-refractivity contribution in [1.82, 2.24) is 10.2 Å². The summed E-state index contributed by atoms with van der Waals surface area (Å²) in [5.41, 5.74) is 3.33. The predicted octanol–water partition coefficient (Wildman–Crippen LogP) is 5.39. The fourth-order valence-electron chi connectivity index (χ4n) is 3.53. The van der Waals surface area contributed by atoms with Crippen LogP contribution in [0.4, 0.5) is 0 Å². The van der Waals surface area contributed by atoms with E-state index in [1.54, 1.807) is 0 Å². The Morgan fingerprint density at radius 1 is 1.11 bits per heavy atom. The highest BCUT2D eigenvalue weighted by molar-refractivity contribution is 6.35. The first-order valence-electron chi connectivity index (χ1n) is 9.46. The van der Waals surface area contributed by atoms with Gasteiger partial charge in [-0.1, -0.05) is 59.1 Å². The molecule has 27 heavy (non-hydrogen) atoms. The van der Waals surface area contributed by atoms with E-state index in [0.717, 1.165) is 43.6 Å². The summed E-state index contributed by atoms with van der Waals surface area (Å²) in [5, 5.41) is 4.57. The number of amides is 1. The topological polar surface area (TPSA) is 32.3 Å². The van der Waals surface area contributed by atoms with Gasteiger partial charge in [-0.25, -0.2) is 0 Å². The minimum atomic E-state index is 0.0260. The normalized spacial score (nSPS) is 16.9. The lowest BCUT2D eigenvalue weighted by atomic mass is 9.94. The zero-order chi connectivity index (χ0) is 19.4. The molecule has 144 valence electrons. The van der Waals surface area contributed by atoms with Crippen LogP contribution < -0.4 is 5.32 Å². The van der Waals surface area contributed by atoms with Gasteiger partial charge >= 0.3 is 0 Å². The van der Waals surface area contributed by atoms with Crippen LogP contribution in [0.3, 0.4) is 0 Å². The van der Waals surface area contributed by atoms with E-state index < -0.39 is 0 Å². The van der Waals surface area contributed by atoms with E-state index in [-0.39, 0.29) is 17.9 Å². The number of aryl methyl sites for hydroxylation is 1. The Balaban J connectivity index is 1.51. The van der Waals surface area contributed by atoms with Crippen LogP contribution in [0.15, 0.2) is 42.5 Å². The molecule has 1 N–H and O–H groups in total. The molecule has 0 unspecified atom stereocenters. The molecule has 1 heterocycles. The molecule has 1 aliphatic rings. The van der Waals surface area contributed by atoms with E-state index in [2.05, 4.69) is 41.4 Å². The molecule has 0 saturated carbocycles. The standard InChI is InChI=1S/C22H26Cl2N2O/c1-15-6-8-17(9-7-15)16(2)25-22(27)18-10-12-26(13-11-18)14-19-20(23)4-3-5-21(19)24/h3-9,16,18H,10-14H2,1-2H3,(H,25,27)/t16-/m0/s1. The molecule has 1 saturated heterocycles. The van der Waals surface area contributed by atoms with Gasteiger partial charge in [-0.05, 0) is 57.5 Å². The second kappa shape index (κ2) is 9.09. The van der Waals surface area contributed by atoms with Crippen molar-refractivity contribution in [3.8, 4) is 0 Å². The number of carbonyl (C=O) groups is 1. The van der Waals surface area contributed by atoms with Gasteiger partial charge in [-0.3, -0.25) is 9.69 Å². The maximum Gasteiger partial charge on any atom is 0.223 e. The molecule has 3 nitrogen and oxygen atoms in total. The van der Waals surface area contributed by atoms with E-state index in [0.29, 0.717) is 10.0 Å². The molecule has 1 aliphatic heterocycles. The third-order valence-electron chi connectivity index (χ3n) is 5.34. The molecule has 5 heteroatoms. The molecule has 2 aromatic carbocycles. The first kappa shape index (κ1) is 20.2. The zero-order valence-electron chi connectivity index (χ0n) is 15.8. The number of carbonyl (C=O) groups excluding carboxylic acids is 1. The Morgan fingerprint density at radius 3 is 2.30 bits per heavy atom. The highest BCUT2D eigenvalue weighted by Crippen LogP contribution is 2.28. The minimum Gasteiger partial charge on any atom is -0.349 e. The molecule has 1 fully saturated rings. The van der Waals surface area contributed by atoms with Gasteiger partial charge in [0.15, 0.2) is 0 Å². The summed E-state index contributed by atoms with van der Waals surface area (Å²) in [7, 11) is 0. The highest BCUT2D eigenvalue weighted by Gasteiger charge is 2.26. The third-order valence-corrected chi connectivity index (χ3v) is 6.05. The van der Waals surface area contributed by atoms with Crippen LogP contribution in [0.25, 0.3) is 0 Å². The summed E-state index contributed by atoms with van der Waals surface area (Å²) in [6.45, 7) is 6.58. The molecule has 0 bridgehead atoms. The SMILES string of the molecule is Cc1ccc([C@H](C)NC(=O)C2CCN(Cc3c(Cl)cccc3Cl)CC2)cc1. The highest BCUT2D eigenvalue weighted by atomic mass is 35.5. The Bertz CT molecular complexity index is 763. The number of nitrogens with zero attached hydrogens (tertiary/aromatic N) is 1. The summed E-state index contributed by atoms with van der Waals surface area (Å²) in [5.74, 6) is 0.217. The second-order valence-corrected chi connectivity index (χ2v) is 8.21. The molecule has 0 aliphatic carbocycles. The van der Waals surface area contributed by atoms with Crippen molar-refractivity contribution in [2.24, 2.45) is 5.92 Å². The van der Waals surface area contributed by atoms with Gasteiger partial charge < -0.3 is 5.32 Å². The number of benzene rings is 2. The Labute approximate surface area is 171 Å². The van der Waals surface area contributed by atoms with E-state index in [4.69, 9.17) is 23.2 Å². The number of halogens is 2. The Hall–Kier alpha value is -1.55. The van der Waals surface area contributed by atoms with E-state index in [1.807, 2.05) is 25.1 Å². The first-order valence-corrected chi connectivity index (χ1v) is 10.2. The lowest BCUT2D eigenvalue weighted by Crippen LogP contribution is -2.41. The van der Waals surface area contributed by atoms with Crippen LogP contribution in [0.2, 0.25) is 10.0 Å². The molecule has 3 rings (SSSR count). The van der Waals surface area contributed by atoms with Crippen LogP contribution in [0.1, 0.15) is 42.5 Å². The van der Waals surface area contributed by atoms with Gasteiger partial charge in [0.1, 0.15) is 0 Å². The molecular weight excluding hydrogens is 379 g/mol. The maximum atomic E-state index is 12.7. The largest absolute Gasteiger partial charge is 0.349 e. The van der Waals surface area contributed by atoms with Crippen molar-refractivity contribution in [2.45, 2.75) is 39.3 Å². The first-order chi connectivity index (χ1) is 12.9. The summed E-state index contributed by atoms with van der Waals surface area (Å²) >= 11 is 12.6. The van der Waals surface area contributed by atoms with Crippen molar-refractivity contribution < 1.29 is 4.79 Å². The molecule has 0 radical (unpaired) electrons. The van der Waals surface area contributed by atoms with Crippen LogP contribution in [0.5, 0.6) is 0 Å². The average Bonchev–Trinajstić information content (AvgIpc) is 2.66. The van der Waals surface area contributed by atoms with Gasteiger partial charge in [-0.15, -0.1) is 0 Å². The quantitative estimate of drug-likeness (QED) is 0.723. The smallest absolute Gasteiger partial charge is 0.223 e. The molecule has 1 amide bonds. The zero-order valence-corrected chi connectivity index (χ0v) is 17.4. The van der Waals surface area contributed by atoms with Crippen molar-refractivity contribution in [3.63, 3.8) is 0 Å². The summed E-state index contributed by atoms with van der Waals surface area (Å²) < 4.78 is 0. The molecule has 2 aromatic rings. The van der Waals surface area contributed by atoms with Crippen molar-refractivity contribution >= 4 is 29.1 Å². The second-order valence-electron chi connectivity index (χ2n) is 7.39. The van der Waals surface area contributed by atoms with Crippen LogP contribution >= 0.6 is 23.2 Å². The third kappa shape index (κ3) is 5.25. The number of hydrogen-bond donors (Lipinski definition) is 1. The molecular formula is C22H26Cl2N2O. The fourth-order valence-corrected chi connectivity index (χ4v) is 4.05. The van der Waals surface area contributed by atoms with Gasteiger partial charge in [0.2, 0.25) is 5.91 Å². The molecule has 0 spiro atoms. The summed E-state index contributed by atoms with van der Waals surface area (Å²) in [6, 6.07) is 13.9. The fraction of sp³-hybridized carbons (Fsp3) is 0.409. The maximum absolute atomic E-state index is 12.7. The van der Waals surface area contributed by atoms with Gasteiger partial charge in [-0.2, -0.15) is 0 Å². The van der Waals surface area contributed by atoms with Crippen LogP contribution in [0, 0.1) is 12.8 Å². The number of rotatable bonds is 5. The number of nitrogens with one attached hydrogen (secondary N) is 1. The lowest BCUT2D eigenvalue weighted by molar-refractivity contribution is -0.127. The summed E-state index contributed by atoms with van der Waals surface area (Å²) in [6.07, 6.45) is 1.71. The number of likely N-dealkylation sites (tertiary alicyclic amines) is 1. The van der Waals surface area contributed by atoms with Crippen molar-refractivity contribution in [1.29, 1.82) is 0 Å². The van der Waals surface area contributed by atoms with Gasteiger partial charge in [0.25, 0.3) is 0 Å². The van der Waals surface area contributed by atoms with Gasteiger partial charge in [0.05, 0.1) is 6.04 Å². The molecule has 1 atom stereocenters. The van der Waals surface area contributed by atoms with Gasteiger partial charge in [0, 0.05) is 28.1 Å². The Morgan fingerprint density at radius 2 is 1.70 bits per heavy atom. The van der Waals surface area contributed by atoms with Crippen molar-refractivity contribution in [2.75, 3.05) is 13.1 Å². The minimum absolute atomic E-state index is 0.0260. The van der Waals surface area contributed by atoms with Crippen LogP contribution in [-0.4, -0.2) is 23.9 Å². The number of piperidine rings is 1. The average molecular weight is 405 g/mol. The molecule has 0 aromatic heterocycles. The van der Waals surface area contributed by atoms with E-state index in [9.17, 15) is 4.79 Å². The number of hydrogen-bond acceptors (Lipinski definition) is 2. The van der Waals surface area contributed by atoms with Crippen LogP contribution in [-0.2, 0) is 11.3 Å². The Kier molecular flexibility index (Phi) is 6.80. The monoisotopic (exact) mass is 404 g/mol.